The van der Waals surface area contributed by atoms with Gasteiger partial charge in [-0.1, -0.05) is 18.2 Å². The van der Waals surface area contributed by atoms with Crippen molar-refractivity contribution in [2.75, 3.05) is 12.9 Å². The van der Waals surface area contributed by atoms with Crippen LogP contribution in [0, 0.1) is 0 Å². The van der Waals surface area contributed by atoms with Crippen LogP contribution in [0.15, 0.2) is 35.2 Å². The maximum absolute atomic E-state index is 11.8. The van der Waals surface area contributed by atoms with Gasteiger partial charge >= 0.3 is 5.97 Å². The molecule has 2 atom stereocenters. The Hall–Kier alpha value is -1.00. The van der Waals surface area contributed by atoms with E-state index in [0.29, 0.717) is 6.42 Å². The topological polar surface area (TPSA) is 35.5 Å². The molecular weight excluding hydrogens is 272 g/mol. The number of benzene rings is 1. The fourth-order valence-corrected chi connectivity index (χ4v) is 3.29. The zero-order chi connectivity index (χ0) is 14.2. The molecule has 3 nitrogen and oxygen atoms in total. The third-order valence-corrected chi connectivity index (χ3v) is 4.54. The number of thioether (sulfide) groups is 1. The van der Waals surface area contributed by atoms with Crippen LogP contribution in [0.3, 0.4) is 0 Å². The lowest BCUT2D eigenvalue weighted by Crippen LogP contribution is -2.29. The third kappa shape index (κ3) is 5.17. The number of hydrogen-bond acceptors (Lipinski definition) is 4. The molecule has 0 radical (unpaired) electrons. The lowest BCUT2D eigenvalue weighted by Gasteiger charge is -2.27. The Kier molecular flexibility index (Phi) is 6.40. The van der Waals surface area contributed by atoms with Gasteiger partial charge in [0.1, 0.15) is 6.10 Å². The van der Waals surface area contributed by atoms with E-state index in [2.05, 4.69) is 12.1 Å². The lowest BCUT2D eigenvalue weighted by molar-refractivity contribution is -0.152. The van der Waals surface area contributed by atoms with Gasteiger partial charge < -0.3 is 9.47 Å². The van der Waals surface area contributed by atoms with Gasteiger partial charge in [-0.25, -0.2) is 0 Å². The molecule has 0 N–H and O–H groups in total. The summed E-state index contributed by atoms with van der Waals surface area (Å²) in [6, 6.07) is 10.1. The van der Waals surface area contributed by atoms with Crippen LogP contribution in [0.5, 0.6) is 0 Å². The summed E-state index contributed by atoms with van der Waals surface area (Å²) in [5, 5.41) is 0. The number of esters is 1. The van der Waals surface area contributed by atoms with E-state index in [-0.39, 0.29) is 18.2 Å². The molecule has 2 rings (SSSR count). The van der Waals surface area contributed by atoms with Gasteiger partial charge in [0.15, 0.2) is 0 Å². The van der Waals surface area contributed by atoms with Crippen molar-refractivity contribution in [2.45, 2.75) is 49.2 Å². The maximum atomic E-state index is 11.8. The second-order valence-electron chi connectivity index (χ2n) is 5.05. The first-order chi connectivity index (χ1) is 9.78. The molecule has 4 heteroatoms. The second-order valence-corrected chi connectivity index (χ2v) is 6.22. The van der Waals surface area contributed by atoms with Crippen molar-refractivity contribution in [3.63, 3.8) is 0 Å². The second kappa shape index (κ2) is 8.32. The maximum Gasteiger partial charge on any atom is 0.306 e. The first-order valence-electron chi connectivity index (χ1n) is 7.18. The summed E-state index contributed by atoms with van der Waals surface area (Å²) in [7, 11) is 1.73. The van der Waals surface area contributed by atoms with E-state index in [4.69, 9.17) is 9.47 Å². The normalized spacial score (nSPS) is 22.4. The fourth-order valence-electron chi connectivity index (χ4n) is 2.44. The Bertz CT molecular complexity index is 407. The molecule has 0 spiro atoms. The van der Waals surface area contributed by atoms with E-state index in [1.165, 1.54) is 4.90 Å². The summed E-state index contributed by atoms with van der Waals surface area (Å²) in [4.78, 5) is 13.0. The smallest absolute Gasteiger partial charge is 0.306 e. The van der Waals surface area contributed by atoms with Crippen LogP contribution >= 0.6 is 11.8 Å². The first kappa shape index (κ1) is 15.4. The van der Waals surface area contributed by atoms with Gasteiger partial charge in [-0.15, -0.1) is 11.8 Å². The number of hydrogen-bond donors (Lipinski definition) is 0. The Morgan fingerprint density at radius 3 is 2.75 bits per heavy atom. The van der Waals surface area contributed by atoms with Crippen LogP contribution in [0.2, 0.25) is 0 Å². The molecule has 0 bridgehead atoms. The molecule has 1 aliphatic rings. The summed E-state index contributed by atoms with van der Waals surface area (Å²) in [6.07, 6.45) is 4.73. The quantitative estimate of drug-likeness (QED) is 0.592. The average molecular weight is 294 g/mol. The van der Waals surface area contributed by atoms with E-state index in [0.717, 1.165) is 31.4 Å². The molecule has 0 heterocycles. The molecule has 1 aromatic rings. The van der Waals surface area contributed by atoms with Crippen molar-refractivity contribution >= 4 is 17.7 Å². The summed E-state index contributed by atoms with van der Waals surface area (Å²) in [5.74, 6) is 0.679. The lowest BCUT2D eigenvalue weighted by atomic mass is 9.95. The molecule has 1 aromatic carbocycles. The highest BCUT2D eigenvalue weighted by molar-refractivity contribution is 7.99. The number of carbonyl (C=O) groups is 1. The van der Waals surface area contributed by atoms with E-state index >= 15 is 0 Å². The monoisotopic (exact) mass is 294 g/mol. The molecule has 1 saturated carbocycles. The predicted octanol–water partition coefficient (Wildman–Crippen LogP) is 3.67. The van der Waals surface area contributed by atoms with Gasteiger partial charge in [0.2, 0.25) is 0 Å². The molecule has 2 unspecified atom stereocenters. The standard InChI is InChI=1S/C16H22O3S/c1-18-13-6-5-7-14(12-13)19-16(17)10-11-20-15-8-3-2-4-9-15/h2-4,8-9,13-14H,5-7,10-12H2,1H3. The van der Waals surface area contributed by atoms with E-state index in [9.17, 15) is 4.79 Å². The minimum Gasteiger partial charge on any atom is -0.462 e. The van der Waals surface area contributed by atoms with Crippen molar-refractivity contribution in [1.82, 2.24) is 0 Å². The number of ether oxygens (including phenoxy) is 2. The minimum atomic E-state index is -0.0878. The van der Waals surface area contributed by atoms with Gasteiger partial charge in [-0.3, -0.25) is 4.79 Å². The van der Waals surface area contributed by atoms with Gasteiger partial charge in [0, 0.05) is 24.2 Å². The molecule has 1 fully saturated rings. The highest BCUT2D eigenvalue weighted by Crippen LogP contribution is 2.24. The largest absolute Gasteiger partial charge is 0.462 e. The van der Waals surface area contributed by atoms with Crippen LogP contribution in [0.25, 0.3) is 0 Å². The summed E-state index contributed by atoms with van der Waals surface area (Å²) in [6.45, 7) is 0. The average Bonchev–Trinajstić information content (AvgIpc) is 2.48. The zero-order valence-corrected chi connectivity index (χ0v) is 12.7. The van der Waals surface area contributed by atoms with Crippen molar-refractivity contribution in [1.29, 1.82) is 0 Å². The first-order valence-corrected chi connectivity index (χ1v) is 8.16. The molecule has 0 aliphatic heterocycles. The third-order valence-electron chi connectivity index (χ3n) is 3.53. The molecule has 20 heavy (non-hydrogen) atoms. The van der Waals surface area contributed by atoms with Crippen LogP contribution < -0.4 is 0 Å². The van der Waals surface area contributed by atoms with Gasteiger partial charge in [-0.05, 0) is 31.4 Å². The highest BCUT2D eigenvalue weighted by atomic mass is 32.2. The van der Waals surface area contributed by atoms with Gasteiger partial charge in [0.05, 0.1) is 12.5 Å². The number of rotatable bonds is 6. The summed E-state index contributed by atoms with van der Waals surface area (Å²) < 4.78 is 10.9. The van der Waals surface area contributed by atoms with Crippen molar-refractivity contribution in [2.24, 2.45) is 0 Å². The summed E-state index contributed by atoms with van der Waals surface area (Å²) in [5.41, 5.74) is 0. The predicted molar refractivity (Wildman–Crippen MR) is 80.9 cm³/mol. The van der Waals surface area contributed by atoms with Crippen molar-refractivity contribution in [3.8, 4) is 0 Å². The fraction of sp³-hybridized carbons (Fsp3) is 0.562. The molecule has 0 amide bonds. The SMILES string of the molecule is COC1CCCC(OC(=O)CCSc2ccccc2)C1. The molecule has 0 saturated heterocycles. The van der Waals surface area contributed by atoms with Crippen molar-refractivity contribution < 1.29 is 14.3 Å². The number of carbonyl (C=O) groups excluding carboxylic acids is 1. The van der Waals surface area contributed by atoms with Crippen molar-refractivity contribution in [3.05, 3.63) is 30.3 Å². The number of methoxy groups -OCH3 is 1. The molecule has 110 valence electrons. The minimum absolute atomic E-state index is 0.0444. The van der Waals surface area contributed by atoms with E-state index in [1.54, 1.807) is 18.9 Å². The highest BCUT2D eigenvalue weighted by Gasteiger charge is 2.24. The molecule has 0 aromatic heterocycles. The van der Waals surface area contributed by atoms with Gasteiger partial charge in [-0.2, -0.15) is 0 Å². The van der Waals surface area contributed by atoms with Crippen LogP contribution in [-0.2, 0) is 14.3 Å². The summed E-state index contributed by atoms with van der Waals surface area (Å²) >= 11 is 1.69. The van der Waals surface area contributed by atoms with Crippen LogP contribution in [-0.4, -0.2) is 31.0 Å². The Morgan fingerprint density at radius 1 is 1.25 bits per heavy atom. The Labute approximate surface area is 125 Å². The Morgan fingerprint density at radius 2 is 2.00 bits per heavy atom. The van der Waals surface area contributed by atoms with Gasteiger partial charge in [0.25, 0.3) is 0 Å². The molecular formula is C16H22O3S. The van der Waals surface area contributed by atoms with E-state index in [1.807, 2.05) is 18.2 Å². The molecule has 1 aliphatic carbocycles. The van der Waals surface area contributed by atoms with E-state index < -0.39 is 0 Å². The zero-order valence-electron chi connectivity index (χ0n) is 11.9. The van der Waals surface area contributed by atoms with Crippen LogP contribution in [0.1, 0.15) is 32.1 Å². The van der Waals surface area contributed by atoms with Crippen LogP contribution in [0.4, 0.5) is 0 Å². The Balaban J connectivity index is 1.65.